The molecule has 0 saturated heterocycles. The standard InChI is InChI=1S/C9H16N4O/c1-5(4-10)11-9(14)8-6(2)12-13-7(8)3/h5H,4,10H2,1-3H3,(H,11,14)(H,12,13)/t5-/m1/s1. The molecule has 0 aliphatic carbocycles. The number of hydrogen-bond acceptors (Lipinski definition) is 3. The van der Waals surface area contributed by atoms with E-state index in [0.29, 0.717) is 17.8 Å². The first-order chi connectivity index (χ1) is 6.56. The van der Waals surface area contributed by atoms with Gasteiger partial charge in [-0.2, -0.15) is 5.10 Å². The van der Waals surface area contributed by atoms with Crippen LogP contribution in [0.15, 0.2) is 0 Å². The predicted molar refractivity (Wildman–Crippen MR) is 54.0 cm³/mol. The van der Waals surface area contributed by atoms with Crippen LogP contribution < -0.4 is 11.1 Å². The molecule has 5 nitrogen and oxygen atoms in total. The van der Waals surface area contributed by atoms with Gasteiger partial charge in [0.05, 0.1) is 11.3 Å². The number of carbonyl (C=O) groups excluding carboxylic acids is 1. The third kappa shape index (κ3) is 2.11. The summed E-state index contributed by atoms with van der Waals surface area (Å²) < 4.78 is 0. The largest absolute Gasteiger partial charge is 0.348 e. The monoisotopic (exact) mass is 196 g/mol. The lowest BCUT2D eigenvalue weighted by Crippen LogP contribution is -2.38. The molecule has 4 N–H and O–H groups in total. The lowest BCUT2D eigenvalue weighted by atomic mass is 10.2. The number of nitrogens with zero attached hydrogens (tertiary/aromatic N) is 1. The van der Waals surface area contributed by atoms with Crippen LogP contribution in [0.1, 0.15) is 28.7 Å². The Bertz CT molecular complexity index is 312. The average Bonchev–Trinajstić information content (AvgIpc) is 2.46. The molecular weight excluding hydrogens is 180 g/mol. The molecule has 0 aromatic carbocycles. The molecule has 1 rings (SSSR count). The fourth-order valence-electron chi connectivity index (χ4n) is 1.24. The lowest BCUT2D eigenvalue weighted by Gasteiger charge is -2.10. The Labute approximate surface area is 83.1 Å². The first-order valence-corrected chi connectivity index (χ1v) is 4.58. The Kier molecular flexibility index (Phi) is 3.24. The second-order valence-corrected chi connectivity index (χ2v) is 3.42. The van der Waals surface area contributed by atoms with E-state index in [4.69, 9.17) is 5.73 Å². The number of aromatic nitrogens is 2. The molecule has 1 aromatic rings. The SMILES string of the molecule is Cc1n[nH]c(C)c1C(=O)N[C@H](C)CN. The number of nitrogens with two attached hydrogens (primary N) is 1. The van der Waals surface area contributed by atoms with Crippen molar-refractivity contribution in [2.45, 2.75) is 26.8 Å². The summed E-state index contributed by atoms with van der Waals surface area (Å²) in [6.07, 6.45) is 0. The zero-order chi connectivity index (χ0) is 10.7. The van der Waals surface area contributed by atoms with Gasteiger partial charge in [-0.3, -0.25) is 9.89 Å². The van der Waals surface area contributed by atoms with Crippen molar-refractivity contribution >= 4 is 5.91 Å². The van der Waals surface area contributed by atoms with E-state index in [1.54, 1.807) is 6.92 Å². The zero-order valence-corrected chi connectivity index (χ0v) is 8.72. The summed E-state index contributed by atoms with van der Waals surface area (Å²) in [6, 6.07) is -0.0174. The summed E-state index contributed by atoms with van der Waals surface area (Å²) in [5.74, 6) is -0.119. The molecule has 0 saturated carbocycles. The molecule has 0 fully saturated rings. The smallest absolute Gasteiger partial charge is 0.255 e. The Morgan fingerprint density at radius 2 is 2.29 bits per heavy atom. The first kappa shape index (κ1) is 10.7. The van der Waals surface area contributed by atoms with Gasteiger partial charge in [-0.15, -0.1) is 0 Å². The topological polar surface area (TPSA) is 83.8 Å². The number of aryl methyl sites for hydroxylation is 2. The van der Waals surface area contributed by atoms with E-state index in [1.165, 1.54) is 0 Å². The minimum Gasteiger partial charge on any atom is -0.348 e. The van der Waals surface area contributed by atoms with Crippen molar-refractivity contribution in [2.24, 2.45) is 5.73 Å². The van der Waals surface area contributed by atoms with Crippen LogP contribution in [-0.2, 0) is 0 Å². The fraction of sp³-hybridized carbons (Fsp3) is 0.556. The summed E-state index contributed by atoms with van der Waals surface area (Å²) in [4.78, 5) is 11.7. The fourth-order valence-corrected chi connectivity index (χ4v) is 1.24. The van der Waals surface area contributed by atoms with E-state index in [1.807, 2.05) is 13.8 Å². The Morgan fingerprint density at radius 1 is 1.64 bits per heavy atom. The summed E-state index contributed by atoms with van der Waals surface area (Å²) in [5.41, 5.74) is 7.52. The van der Waals surface area contributed by atoms with Crippen LogP contribution in [0.25, 0.3) is 0 Å². The highest BCUT2D eigenvalue weighted by molar-refractivity contribution is 5.96. The van der Waals surface area contributed by atoms with Crippen LogP contribution in [0.3, 0.4) is 0 Å². The molecule has 1 heterocycles. The van der Waals surface area contributed by atoms with E-state index in [9.17, 15) is 4.79 Å². The van der Waals surface area contributed by atoms with Crippen LogP contribution in [0.2, 0.25) is 0 Å². The lowest BCUT2D eigenvalue weighted by molar-refractivity contribution is 0.0940. The molecule has 78 valence electrons. The number of aromatic amines is 1. The van der Waals surface area contributed by atoms with Crippen molar-refractivity contribution in [1.29, 1.82) is 0 Å². The maximum absolute atomic E-state index is 11.7. The minimum atomic E-state index is -0.119. The van der Waals surface area contributed by atoms with E-state index >= 15 is 0 Å². The molecule has 0 bridgehead atoms. The van der Waals surface area contributed by atoms with Crippen molar-refractivity contribution in [2.75, 3.05) is 6.54 Å². The van der Waals surface area contributed by atoms with Crippen molar-refractivity contribution < 1.29 is 4.79 Å². The summed E-state index contributed by atoms with van der Waals surface area (Å²) in [5, 5.41) is 9.51. The molecule has 14 heavy (non-hydrogen) atoms. The molecule has 1 amide bonds. The van der Waals surface area contributed by atoms with Gasteiger partial charge in [0.1, 0.15) is 0 Å². The van der Waals surface area contributed by atoms with Gasteiger partial charge in [-0.1, -0.05) is 0 Å². The van der Waals surface area contributed by atoms with Crippen LogP contribution in [-0.4, -0.2) is 28.7 Å². The van der Waals surface area contributed by atoms with Gasteiger partial charge < -0.3 is 11.1 Å². The van der Waals surface area contributed by atoms with Gasteiger partial charge in [0.15, 0.2) is 0 Å². The minimum absolute atomic E-state index is 0.0174. The molecule has 0 aliphatic rings. The van der Waals surface area contributed by atoms with E-state index in [2.05, 4.69) is 15.5 Å². The van der Waals surface area contributed by atoms with E-state index < -0.39 is 0 Å². The van der Waals surface area contributed by atoms with Crippen molar-refractivity contribution in [3.8, 4) is 0 Å². The third-order valence-electron chi connectivity index (χ3n) is 2.09. The van der Waals surface area contributed by atoms with Gasteiger partial charge >= 0.3 is 0 Å². The number of H-pyrrole nitrogens is 1. The quantitative estimate of drug-likeness (QED) is 0.641. The summed E-state index contributed by atoms with van der Waals surface area (Å²) >= 11 is 0. The third-order valence-corrected chi connectivity index (χ3v) is 2.09. The first-order valence-electron chi connectivity index (χ1n) is 4.58. The maximum Gasteiger partial charge on any atom is 0.255 e. The van der Waals surface area contributed by atoms with Crippen molar-refractivity contribution in [3.63, 3.8) is 0 Å². The highest BCUT2D eigenvalue weighted by Crippen LogP contribution is 2.08. The number of carbonyl (C=O) groups is 1. The van der Waals surface area contributed by atoms with Crippen molar-refractivity contribution in [1.82, 2.24) is 15.5 Å². The molecule has 0 spiro atoms. The molecule has 0 radical (unpaired) electrons. The van der Waals surface area contributed by atoms with Gasteiger partial charge in [0, 0.05) is 18.3 Å². The maximum atomic E-state index is 11.7. The zero-order valence-electron chi connectivity index (χ0n) is 8.72. The Balaban J connectivity index is 2.79. The summed E-state index contributed by atoms with van der Waals surface area (Å²) in [7, 11) is 0. The number of rotatable bonds is 3. The predicted octanol–water partition coefficient (Wildman–Crippen LogP) is 0.104. The van der Waals surface area contributed by atoms with Crippen LogP contribution in [0.5, 0.6) is 0 Å². The highest BCUT2D eigenvalue weighted by Gasteiger charge is 2.16. The molecule has 1 atom stereocenters. The number of hydrogen-bond donors (Lipinski definition) is 3. The van der Waals surface area contributed by atoms with Gasteiger partial charge in [-0.25, -0.2) is 0 Å². The summed E-state index contributed by atoms with van der Waals surface area (Å²) in [6.45, 7) is 5.91. The second-order valence-electron chi connectivity index (χ2n) is 3.42. The van der Waals surface area contributed by atoms with Crippen molar-refractivity contribution in [3.05, 3.63) is 17.0 Å². The van der Waals surface area contributed by atoms with E-state index in [0.717, 1.165) is 5.69 Å². The molecule has 0 unspecified atom stereocenters. The van der Waals surface area contributed by atoms with Crippen LogP contribution in [0, 0.1) is 13.8 Å². The number of amides is 1. The Hall–Kier alpha value is -1.36. The second kappa shape index (κ2) is 4.23. The molecule has 1 aromatic heterocycles. The van der Waals surface area contributed by atoms with Crippen LogP contribution in [0.4, 0.5) is 0 Å². The van der Waals surface area contributed by atoms with Crippen LogP contribution >= 0.6 is 0 Å². The number of nitrogens with one attached hydrogen (secondary N) is 2. The van der Waals surface area contributed by atoms with Gasteiger partial charge in [0.25, 0.3) is 5.91 Å². The van der Waals surface area contributed by atoms with E-state index in [-0.39, 0.29) is 11.9 Å². The van der Waals surface area contributed by atoms with Gasteiger partial charge in [-0.05, 0) is 20.8 Å². The average molecular weight is 196 g/mol. The highest BCUT2D eigenvalue weighted by atomic mass is 16.1. The Morgan fingerprint density at radius 3 is 2.71 bits per heavy atom. The molecular formula is C9H16N4O. The normalized spacial score (nSPS) is 12.6. The van der Waals surface area contributed by atoms with Gasteiger partial charge in [0.2, 0.25) is 0 Å². The molecule has 0 aliphatic heterocycles. The molecule has 5 heteroatoms.